The monoisotopic (exact) mass is 526 g/mol. The van der Waals surface area contributed by atoms with Crippen molar-refractivity contribution in [1.82, 2.24) is 4.31 Å². The van der Waals surface area contributed by atoms with E-state index in [9.17, 15) is 18.3 Å². The maximum Gasteiger partial charge on any atom is 0.413 e. The van der Waals surface area contributed by atoms with Crippen molar-refractivity contribution in [2.24, 2.45) is 0 Å². The normalized spacial score (nSPS) is 14.6. The number of piperidine rings is 1. The molecule has 1 fully saturated rings. The third-order valence-corrected chi connectivity index (χ3v) is 9.06. The molecule has 0 bridgehead atoms. The van der Waals surface area contributed by atoms with Crippen molar-refractivity contribution < 1.29 is 18.3 Å². The lowest BCUT2D eigenvalue weighted by molar-refractivity contribution is 0.197. The highest BCUT2D eigenvalue weighted by Gasteiger charge is 2.46. The number of benzene rings is 4. The maximum absolute atomic E-state index is 13.3. The number of sulfonamides is 1. The molecule has 38 heavy (non-hydrogen) atoms. The second-order valence-electron chi connectivity index (χ2n) is 9.39. The molecule has 5 rings (SSSR count). The summed E-state index contributed by atoms with van der Waals surface area (Å²) in [5, 5.41) is 10.8. The molecule has 0 aromatic heterocycles. The minimum Gasteiger partial charge on any atom is -0.465 e. The SMILES string of the molecule is O=C(O)N(c1ccc(S(=O)(=O)N2CCCCC2)cc1)C(c1ccccc1)(c1ccccc1)c1ccccc1. The van der Waals surface area contributed by atoms with Gasteiger partial charge in [0, 0.05) is 18.8 Å². The summed E-state index contributed by atoms with van der Waals surface area (Å²) in [6, 6.07) is 34.8. The van der Waals surface area contributed by atoms with Crippen LogP contribution in [0.15, 0.2) is 120 Å². The van der Waals surface area contributed by atoms with Gasteiger partial charge in [-0.2, -0.15) is 4.31 Å². The van der Waals surface area contributed by atoms with Crippen LogP contribution in [0, 0.1) is 0 Å². The quantitative estimate of drug-likeness (QED) is 0.285. The van der Waals surface area contributed by atoms with Crippen LogP contribution in [0.25, 0.3) is 0 Å². The van der Waals surface area contributed by atoms with E-state index in [0.29, 0.717) is 18.8 Å². The van der Waals surface area contributed by atoms with Crippen molar-refractivity contribution in [3.05, 3.63) is 132 Å². The highest BCUT2D eigenvalue weighted by molar-refractivity contribution is 7.89. The first-order chi connectivity index (χ1) is 18.5. The van der Waals surface area contributed by atoms with Crippen molar-refractivity contribution >= 4 is 21.8 Å². The standard InChI is InChI=1S/C31H30N2O4S/c34-30(35)33(28-19-21-29(22-20-28)38(36,37)32-23-11-4-12-24-32)31(25-13-5-1-6-14-25,26-15-7-2-8-16-26)27-17-9-3-10-18-27/h1-3,5-10,13-22H,4,11-12,23-24H2,(H,34,35). The molecular weight excluding hydrogens is 496 g/mol. The third kappa shape index (κ3) is 4.59. The fourth-order valence-electron chi connectivity index (χ4n) is 5.39. The van der Waals surface area contributed by atoms with E-state index in [1.54, 1.807) is 12.1 Å². The Kier molecular flexibility index (Phi) is 7.31. The molecule has 1 saturated heterocycles. The van der Waals surface area contributed by atoms with E-state index >= 15 is 0 Å². The molecule has 0 aliphatic carbocycles. The van der Waals surface area contributed by atoms with Gasteiger partial charge in [-0.25, -0.2) is 13.2 Å². The number of amides is 1. The van der Waals surface area contributed by atoms with Crippen molar-refractivity contribution in [1.29, 1.82) is 0 Å². The predicted molar refractivity (Wildman–Crippen MR) is 149 cm³/mol. The first-order valence-electron chi connectivity index (χ1n) is 12.8. The molecule has 1 N–H and O–H groups in total. The van der Waals surface area contributed by atoms with Gasteiger partial charge in [-0.15, -0.1) is 0 Å². The summed E-state index contributed by atoms with van der Waals surface area (Å²) in [7, 11) is -3.65. The Morgan fingerprint density at radius 3 is 1.47 bits per heavy atom. The van der Waals surface area contributed by atoms with Gasteiger partial charge in [0.25, 0.3) is 0 Å². The highest BCUT2D eigenvalue weighted by Crippen LogP contribution is 2.45. The summed E-state index contributed by atoms with van der Waals surface area (Å²) < 4.78 is 28.0. The Labute approximate surface area is 223 Å². The van der Waals surface area contributed by atoms with E-state index in [4.69, 9.17) is 0 Å². The summed E-state index contributed by atoms with van der Waals surface area (Å²) in [5.74, 6) is 0. The number of rotatable bonds is 7. The van der Waals surface area contributed by atoms with Gasteiger partial charge < -0.3 is 5.11 Å². The summed E-state index contributed by atoms with van der Waals surface area (Å²) in [6.45, 7) is 1.01. The molecule has 4 aromatic carbocycles. The molecule has 0 unspecified atom stereocenters. The minimum atomic E-state index is -3.65. The molecule has 0 radical (unpaired) electrons. The molecule has 1 aliphatic rings. The van der Waals surface area contributed by atoms with Crippen LogP contribution in [-0.4, -0.2) is 37.0 Å². The zero-order chi connectivity index (χ0) is 26.6. The first kappa shape index (κ1) is 25.7. The van der Waals surface area contributed by atoms with Gasteiger partial charge in [-0.3, -0.25) is 4.90 Å². The van der Waals surface area contributed by atoms with Crippen molar-refractivity contribution in [3.63, 3.8) is 0 Å². The lowest BCUT2D eigenvalue weighted by Gasteiger charge is -2.44. The van der Waals surface area contributed by atoms with Crippen LogP contribution in [0.5, 0.6) is 0 Å². The second-order valence-corrected chi connectivity index (χ2v) is 11.3. The highest BCUT2D eigenvalue weighted by atomic mass is 32.2. The number of carboxylic acid groups (broad SMARTS) is 1. The molecule has 0 atom stereocenters. The summed E-state index contributed by atoms with van der Waals surface area (Å²) in [5.41, 5.74) is 1.44. The third-order valence-electron chi connectivity index (χ3n) is 7.15. The molecule has 1 heterocycles. The van der Waals surface area contributed by atoms with Gasteiger partial charge in [0.2, 0.25) is 10.0 Å². The molecule has 194 valence electrons. The van der Waals surface area contributed by atoms with Gasteiger partial charge in [-0.05, 0) is 53.8 Å². The molecular formula is C31H30N2O4S. The zero-order valence-electron chi connectivity index (χ0n) is 21.0. The average molecular weight is 527 g/mol. The molecule has 6 nitrogen and oxygen atoms in total. The van der Waals surface area contributed by atoms with Crippen molar-refractivity contribution in [2.75, 3.05) is 18.0 Å². The van der Waals surface area contributed by atoms with Crippen molar-refractivity contribution in [3.8, 4) is 0 Å². The minimum absolute atomic E-state index is 0.165. The molecule has 0 spiro atoms. The first-order valence-corrected chi connectivity index (χ1v) is 14.2. The van der Waals surface area contributed by atoms with E-state index in [-0.39, 0.29) is 4.90 Å². The molecule has 1 amide bonds. The number of hydrogen-bond acceptors (Lipinski definition) is 3. The maximum atomic E-state index is 13.3. The van der Waals surface area contributed by atoms with E-state index in [2.05, 4.69) is 0 Å². The Bertz CT molecular complexity index is 1370. The largest absolute Gasteiger partial charge is 0.465 e. The Morgan fingerprint density at radius 2 is 1.08 bits per heavy atom. The van der Waals surface area contributed by atoms with E-state index < -0.39 is 21.7 Å². The molecule has 7 heteroatoms. The van der Waals surface area contributed by atoms with Crippen LogP contribution in [0.2, 0.25) is 0 Å². The topological polar surface area (TPSA) is 77.9 Å². The van der Waals surface area contributed by atoms with Crippen LogP contribution in [-0.2, 0) is 15.6 Å². The Morgan fingerprint density at radius 1 is 0.658 bits per heavy atom. The summed E-state index contributed by atoms with van der Waals surface area (Å²) in [4.78, 5) is 14.7. The summed E-state index contributed by atoms with van der Waals surface area (Å²) in [6.07, 6.45) is 1.56. The molecule has 1 aliphatic heterocycles. The van der Waals surface area contributed by atoms with Gasteiger partial charge in [0.1, 0.15) is 5.54 Å². The fourth-order valence-corrected chi connectivity index (χ4v) is 6.91. The smallest absolute Gasteiger partial charge is 0.413 e. The zero-order valence-corrected chi connectivity index (χ0v) is 21.8. The van der Waals surface area contributed by atoms with Crippen LogP contribution in [0.1, 0.15) is 36.0 Å². The van der Waals surface area contributed by atoms with Crippen LogP contribution >= 0.6 is 0 Å². The van der Waals surface area contributed by atoms with Gasteiger partial charge in [0.15, 0.2) is 0 Å². The van der Waals surface area contributed by atoms with Crippen LogP contribution < -0.4 is 4.90 Å². The van der Waals surface area contributed by atoms with E-state index in [0.717, 1.165) is 36.0 Å². The Balaban J connectivity index is 1.71. The number of hydrogen-bond donors (Lipinski definition) is 1. The number of nitrogens with zero attached hydrogens (tertiary/aromatic N) is 2. The lowest BCUT2D eigenvalue weighted by Crippen LogP contribution is -2.51. The fraction of sp³-hybridized carbons (Fsp3) is 0.194. The van der Waals surface area contributed by atoms with Crippen LogP contribution in [0.4, 0.5) is 10.5 Å². The van der Waals surface area contributed by atoms with E-state index in [1.165, 1.54) is 21.3 Å². The van der Waals surface area contributed by atoms with Crippen molar-refractivity contribution in [2.45, 2.75) is 29.7 Å². The van der Waals surface area contributed by atoms with Crippen LogP contribution in [0.3, 0.4) is 0 Å². The summed E-state index contributed by atoms with van der Waals surface area (Å²) >= 11 is 0. The van der Waals surface area contributed by atoms with Gasteiger partial charge in [-0.1, -0.05) is 97.4 Å². The molecule has 4 aromatic rings. The van der Waals surface area contributed by atoms with Gasteiger partial charge in [0.05, 0.1) is 4.90 Å². The second kappa shape index (κ2) is 10.8. The Hall–Kier alpha value is -3.94. The lowest BCUT2D eigenvalue weighted by atomic mass is 9.75. The van der Waals surface area contributed by atoms with E-state index in [1.807, 2.05) is 91.0 Å². The number of carbonyl (C=O) groups is 1. The molecule has 0 saturated carbocycles. The average Bonchev–Trinajstić information content (AvgIpc) is 2.97. The number of anilines is 1. The van der Waals surface area contributed by atoms with Gasteiger partial charge >= 0.3 is 6.09 Å². The predicted octanol–water partition coefficient (Wildman–Crippen LogP) is 6.34.